The minimum absolute atomic E-state index is 0.0786. The minimum atomic E-state index is -0.436. The standard InChI is InChI=1S/C15H25N7O/c1-11(22-14(15(3,4)5)18-19-20-22)13(23)17-7-6-9-21-10-8-16-12(21)2/h8,10-11H,6-7,9H2,1-5H3,(H,17,23). The predicted molar refractivity (Wildman–Crippen MR) is 85.8 cm³/mol. The van der Waals surface area contributed by atoms with Crippen LogP contribution < -0.4 is 5.32 Å². The van der Waals surface area contributed by atoms with Gasteiger partial charge in [-0.3, -0.25) is 4.79 Å². The van der Waals surface area contributed by atoms with Gasteiger partial charge >= 0.3 is 0 Å². The Morgan fingerprint density at radius 3 is 2.74 bits per heavy atom. The van der Waals surface area contributed by atoms with Crippen molar-refractivity contribution in [1.29, 1.82) is 0 Å². The monoisotopic (exact) mass is 319 g/mol. The Morgan fingerprint density at radius 2 is 2.13 bits per heavy atom. The lowest BCUT2D eigenvalue weighted by Crippen LogP contribution is -2.34. The summed E-state index contributed by atoms with van der Waals surface area (Å²) >= 11 is 0. The van der Waals surface area contributed by atoms with Crippen molar-refractivity contribution in [2.24, 2.45) is 0 Å². The Morgan fingerprint density at radius 1 is 1.39 bits per heavy atom. The van der Waals surface area contributed by atoms with Gasteiger partial charge in [0.1, 0.15) is 11.9 Å². The maximum atomic E-state index is 12.3. The number of nitrogens with zero attached hydrogens (tertiary/aromatic N) is 6. The van der Waals surface area contributed by atoms with E-state index in [9.17, 15) is 4.79 Å². The maximum absolute atomic E-state index is 12.3. The molecule has 2 aromatic rings. The first-order valence-electron chi connectivity index (χ1n) is 7.84. The molecule has 8 nitrogen and oxygen atoms in total. The van der Waals surface area contributed by atoms with Crippen molar-refractivity contribution in [3.05, 3.63) is 24.0 Å². The molecule has 8 heteroatoms. The summed E-state index contributed by atoms with van der Waals surface area (Å²) < 4.78 is 3.66. The first-order valence-corrected chi connectivity index (χ1v) is 7.84. The molecule has 1 atom stereocenters. The number of tetrazole rings is 1. The number of nitrogens with one attached hydrogen (secondary N) is 1. The largest absolute Gasteiger partial charge is 0.354 e. The van der Waals surface area contributed by atoms with E-state index in [1.54, 1.807) is 17.8 Å². The van der Waals surface area contributed by atoms with Crippen LogP contribution in [-0.4, -0.2) is 42.2 Å². The molecule has 126 valence electrons. The second-order valence-corrected chi connectivity index (χ2v) is 6.69. The van der Waals surface area contributed by atoms with Crippen molar-refractivity contribution < 1.29 is 4.79 Å². The quantitative estimate of drug-likeness (QED) is 0.809. The van der Waals surface area contributed by atoms with Crippen molar-refractivity contribution >= 4 is 5.91 Å². The number of amides is 1. The van der Waals surface area contributed by atoms with E-state index in [0.29, 0.717) is 12.4 Å². The van der Waals surface area contributed by atoms with Crippen LogP contribution in [-0.2, 0) is 16.8 Å². The zero-order valence-corrected chi connectivity index (χ0v) is 14.4. The lowest BCUT2D eigenvalue weighted by molar-refractivity contribution is -0.124. The smallest absolute Gasteiger partial charge is 0.244 e. The van der Waals surface area contributed by atoms with Crippen molar-refractivity contribution in [1.82, 2.24) is 35.1 Å². The molecule has 0 fully saturated rings. The molecule has 1 unspecified atom stereocenters. The van der Waals surface area contributed by atoms with E-state index in [0.717, 1.165) is 18.8 Å². The number of carbonyl (C=O) groups excluding carboxylic acids is 1. The van der Waals surface area contributed by atoms with Crippen LogP contribution in [0.4, 0.5) is 0 Å². The fourth-order valence-corrected chi connectivity index (χ4v) is 2.31. The number of rotatable bonds is 6. The van der Waals surface area contributed by atoms with E-state index in [1.807, 2.05) is 33.9 Å². The minimum Gasteiger partial charge on any atom is -0.354 e. The molecule has 1 amide bonds. The lowest BCUT2D eigenvalue weighted by atomic mass is 9.95. The zero-order valence-electron chi connectivity index (χ0n) is 14.4. The fraction of sp³-hybridized carbons (Fsp3) is 0.667. The van der Waals surface area contributed by atoms with Gasteiger partial charge in [0.25, 0.3) is 0 Å². The summed E-state index contributed by atoms with van der Waals surface area (Å²) in [6.45, 7) is 11.3. The molecule has 2 rings (SSSR count). The summed E-state index contributed by atoms with van der Waals surface area (Å²) in [4.78, 5) is 16.5. The van der Waals surface area contributed by atoms with Crippen LogP contribution in [0.25, 0.3) is 0 Å². The molecule has 1 N–H and O–H groups in total. The first kappa shape index (κ1) is 17.1. The van der Waals surface area contributed by atoms with Gasteiger partial charge in [0, 0.05) is 30.9 Å². The van der Waals surface area contributed by atoms with Crippen LogP contribution >= 0.6 is 0 Å². The molecule has 0 bridgehead atoms. The highest BCUT2D eigenvalue weighted by Crippen LogP contribution is 2.21. The third-order valence-electron chi connectivity index (χ3n) is 3.71. The molecule has 0 aliphatic heterocycles. The summed E-state index contributed by atoms with van der Waals surface area (Å²) in [7, 11) is 0. The third-order valence-corrected chi connectivity index (χ3v) is 3.71. The summed E-state index contributed by atoms with van der Waals surface area (Å²) in [5.41, 5.74) is -0.211. The van der Waals surface area contributed by atoms with E-state index in [4.69, 9.17) is 0 Å². The average Bonchev–Trinajstić information content (AvgIpc) is 3.11. The second kappa shape index (κ2) is 6.89. The molecule has 23 heavy (non-hydrogen) atoms. The number of hydrogen-bond donors (Lipinski definition) is 1. The van der Waals surface area contributed by atoms with Gasteiger partial charge in [0.15, 0.2) is 5.82 Å². The summed E-state index contributed by atoms with van der Waals surface area (Å²) in [6, 6.07) is -0.436. The number of hydrogen-bond acceptors (Lipinski definition) is 5. The van der Waals surface area contributed by atoms with Crippen LogP contribution in [0.3, 0.4) is 0 Å². The molecule has 2 heterocycles. The highest BCUT2D eigenvalue weighted by atomic mass is 16.2. The normalized spacial score (nSPS) is 13.1. The zero-order chi connectivity index (χ0) is 17.0. The number of aromatic nitrogens is 6. The molecule has 0 aliphatic carbocycles. The van der Waals surface area contributed by atoms with Crippen molar-refractivity contribution in [2.75, 3.05) is 6.54 Å². The second-order valence-electron chi connectivity index (χ2n) is 6.69. The molecular weight excluding hydrogens is 294 g/mol. The van der Waals surface area contributed by atoms with Crippen LogP contribution in [0.2, 0.25) is 0 Å². The fourth-order valence-electron chi connectivity index (χ4n) is 2.31. The van der Waals surface area contributed by atoms with E-state index < -0.39 is 6.04 Å². The molecule has 0 saturated heterocycles. The first-order chi connectivity index (χ1) is 10.8. The SMILES string of the molecule is Cc1nccn1CCCNC(=O)C(C)n1nnnc1C(C)(C)C. The summed E-state index contributed by atoms with van der Waals surface area (Å²) in [6.07, 6.45) is 4.57. The van der Waals surface area contributed by atoms with E-state index in [1.165, 1.54) is 0 Å². The Hall–Kier alpha value is -2.25. The Kier molecular flexibility index (Phi) is 5.12. The summed E-state index contributed by atoms with van der Waals surface area (Å²) in [5, 5.41) is 14.7. The van der Waals surface area contributed by atoms with Gasteiger partial charge in [0.05, 0.1) is 0 Å². The van der Waals surface area contributed by atoms with E-state index >= 15 is 0 Å². The topological polar surface area (TPSA) is 90.5 Å². The average molecular weight is 319 g/mol. The number of carbonyl (C=O) groups is 1. The van der Waals surface area contributed by atoms with E-state index in [-0.39, 0.29) is 11.3 Å². The molecular formula is C15H25N7O. The molecule has 0 saturated carbocycles. The van der Waals surface area contributed by atoms with Crippen molar-refractivity contribution in [2.45, 2.75) is 59.0 Å². The third kappa shape index (κ3) is 4.14. The Balaban J connectivity index is 1.86. The van der Waals surface area contributed by atoms with Gasteiger partial charge in [0.2, 0.25) is 5.91 Å². The van der Waals surface area contributed by atoms with Gasteiger partial charge in [-0.25, -0.2) is 9.67 Å². The molecule has 0 aromatic carbocycles. The molecule has 0 radical (unpaired) electrons. The Bertz CT molecular complexity index is 653. The van der Waals surface area contributed by atoms with Crippen LogP contribution in [0.1, 0.15) is 51.8 Å². The predicted octanol–water partition coefficient (Wildman–Crippen LogP) is 1.24. The van der Waals surface area contributed by atoms with Gasteiger partial charge < -0.3 is 9.88 Å². The van der Waals surface area contributed by atoms with Gasteiger partial charge in [-0.15, -0.1) is 5.10 Å². The highest BCUT2D eigenvalue weighted by Gasteiger charge is 2.27. The number of imidazole rings is 1. The highest BCUT2D eigenvalue weighted by molar-refractivity contribution is 5.79. The Labute approximate surface area is 136 Å². The molecule has 0 spiro atoms. The molecule has 0 aliphatic rings. The van der Waals surface area contributed by atoms with Crippen LogP contribution in [0, 0.1) is 6.92 Å². The van der Waals surface area contributed by atoms with Crippen LogP contribution in [0.15, 0.2) is 12.4 Å². The maximum Gasteiger partial charge on any atom is 0.244 e. The van der Waals surface area contributed by atoms with Gasteiger partial charge in [-0.05, 0) is 30.7 Å². The van der Waals surface area contributed by atoms with Crippen molar-refractivity contribution in [3.8, 4) is 0 Å². The van der Waals surface area contributed by atoms with Crippen LogP contribution in [0.5, 0.6) is 0 Å². The molecule has 2 aromatic heterocycles. The van der Waals surface area contributed by atoms with E-state index in [2.05, 4.69) is 30.4 Å². The summed E-state index contributed by atoms with van der Waals surface area (Å²) in [5.74, 6) is 1.60. The number of aryl methyl sites for hydroxylation is 2. The lowest BCUT2D eigenvalue weighted by Gasteiger charge is -2.20. The van der Waals surface area contributed by atoms with Crippen molar-refractivity contribution in [3.63, 3.8) is 0 Å². The van der Waals surface area contributed by atoms with Gasteiger partial charge in [-0.2, -0.15) is 0 Å². The van der Waals surface area contributed by atoms with Gasteiger partial charge in [-0.1, -0.05) is 20.8 Å².